The van der Waals surface area contributed by atoms with Gasteiger partial charge in [-0.2, -0.15) is 5.26 Å². The maximum atomic E-state index is 9.35. The number of anilines is 1. The molecule has 0 radical (unpaired) electrons. The lowest BCUT2D eigenvalue weighted by Crippen LogP contribution is -2.44. The Morgan fingerprint density at radius 3 is 3.00 bits per heavy atom. The highest BCUT2D eigenvalue weighted by atomic mass is 35.5. The van der Waals surface area contributed by atoms with Crippen molar-refractivity contribution < 1.29 is 0 Å². The van der Waals surface area contributed by atoms with Crippen LogP contribution in [0, 0.1) is 11.3 Å². The molecule has 0 unspecified atom stereocenters. The molecule has 4 rings (SSSR count). The molecule has 0 amide bonds. The predicted octanol–water partition coefficient (Wildman–Crippen LogP) is 3.16. The fraction of sp³-hybridized carbons (Fsp3) is 0.533. The zero-order chi connectivity index (χ0) is 12.8. The van der Waals surface area contributed by atoms with E-state index in [0.717, 1.165) is 31.0 Å². The summed E-state index contributed by atoms with van der Waals surface area (Å²) >= 11 is 1.88. The highest BCUT2D eigenvalue weighted by Crippen LogP contribution is 2.50. The van der Waals surface area contributed by atoms with Crippen molar-refractivity contribution >= 4 is 42.3 Å². The van der Waals surface area contributed by atoms with E-state index >= 15 is 0 Å². The highest BCUT2D eigenvalue weighted by molar-refractivity contribution is 7.99. The molecule has 0 saturated carbocycles. The van der Waals surface area contributed by atoms with Crippen LogP contribution in [0.4, 0.5) is 5.69 Å². The monoisotopic (exact) mass is 343 g/mol. The number of hydrogen-bond acceptors (Lipinski definition) is 4. The van der Waals surface area contributed by atoms with Crippen LogP contribution in [0.5, 0.6) is 0 Å². The fourth-order valence-electron chi connectivity index (χ4n) is 3.80. The van der Waals surface area contributed by atoms with Gasteiger partial charge in [0, 0.05) is 29.9 Å². The van der Waals surface area contributed by atoms with Crippen molar-refractivity contribution in [2.24, 2.45) is 0 Å². The molecule has 3 aliphatic heterocycles. The summed E-state index contributed by atoms with van der Waals surface area (Å²) < 4.78 is 0. The van der Waals surface area contributed by atoms with Crippen LogP contribution in [-0.4, -0.2) is 31.4 Å². The third kappa shape index (κ3) is 2.51. The Morgan fingerprint density at radius 1 is 1.33 bits per heavy atom. The van der Waals surface area contributed by atoms with E-state index in [1.54, 1.807) is 0 Å². The summed E-state index contributed by atoms with van der Waals surface area (Å²) in [5.74, 6) is 1.76. The first-order valence-corrected chi connectivity index (χ1v) is 8.06. The zero-order valence-corrected chi connectivity index (χ0v) is 14.1. The van der Waals surface area contributed by atoms with Gasteiger partial charge in [0.15, 0.2) is 0 Å². The van der Waals surface area contributed by atoms with Crippen LogP contribution in [0.15, 0.2) is 17.0 Å². The van der Waals surface area contributed by atoms with Gasteiger partial charge < -0.3 is 10.2 Å². The largest absolute Gasteiger partial charge is 0.367 e. The van der Waals surface area contributed by atoms with E-state index in [-0.39, 0.29) is 24.8 Å². The third-order valence-corrected chi connectivity index (χ3v) is 5.80. The molecule has 1 aromatic carbocycles. The lowest BCUT2D eigenvalue weighted by Gasteiger charge is -2.33. The minimum absolute atomic E-state index is 0. The van der Waals surface area contributed by atoms with Gasteiger partial charge in [0.2, 0.25) is 0 Å². The van der Waals surface area contributed by atoms with E-state index in [1.807, 2.05) is 17.8 Å². The molecule has 3 heterocycles. The number of nitrogens with zero attached hydrogens (tertiary/aromatic N) is 2. The summed E-state index contributed by atoms with van der Waals surface area (Å²) in [5.41, 5.74) is 3.73. The smallest absolute Gasteiger partial charge is 0.100 e. The van der Waals surface area contributed by atoms with E-state index in [9.17, 15) is 5.26 Å². The third-order valence-electron chi connectivity index (χ3n) is 4.61. The zero-order valence-electron chi connectivity index (χ0n) is 11.7. The molecule has 3 aliphatic rings. The van der Waals surface area contributed by atoms with Crippen molar-refractivity contribution in [3.05, 3.63) is 23.3 Å². The number of thioether (sulfide) groups is 1. The molecule has 6 heteroatoms. The molecular weight excluding hydrogens is 325 g/mol. The minimum Gasteiger partial charge on any atom is -0.367 e. The van der Waals surface area contributed by atoms with E-state index in [0.29, 0.717) is 12.0 Å². The Hall–Kier alpha value is -0.600. The van der Waals surface area contributed by atoms with Crippen LogP contribution in [0.1, 0.15) is 29.9 Å². The van der Waals surface area contributed by atoms with E-state index in [4.69, 9.17) is 0 Å². The number of benzene rings is 1. The van der Waals surface area contributed by atoms with Gasteiger partial charge in [-0.3, -0.25) is 0 Å². The van der Waals surface area contributed by atoms with E-state index in [2.05, 4.69) is 22.4 Å². The SMILES string of the molecule is Cl.Cl.N#Cc1ccc2c3c1SCCCN3[C@H]1CCNC[C@@H]21. The van der Waals surface area contributed by atoms with Crippen molar-refractivity contribution in [1.82, 2.24) is 5.32 Å². The Kier molecular flexibility index (Phi) is 5.32. The molecule has 2 atom stereocenters. The first-order chi connectivity index (χ1) is 9.40. The Morgan fingerprint density at radius 2 is 2.19 bits per heavy atom. The predicted molar refractivity (Wildman–Crippen MR) is 92.4 cm³/mol. The van der Waals surface area contributed by atoms with Crippen LogP contribution < -0.4 is 10.2 Å². The maximum absolute atomic E-state index is 9.35. The molecule has 0 spiro atoms. The molecule has 0 aromatic heterocycles. The Balaban J connectivity index is 0.000000807. The number of halogens is 2. The second kappa shape index (κ2) is 6.66. The van der Waals surface area contributed by atoms with Crippen molar-refractivity contribution in [3.63, 3.8) is 0 Å². The maximum Gasteiger partial charge on any atom is 0.100 e. The van der Waals surface area contributed by atoms with Crippen molar-refractivity contribution in [2.45, 2.75) is 29.7 Å². The van der Waals surface area contributed by atoms with Gasteiger partial charge in [0.1, 0.15) is 6.07 Å². The number of nitriles is 1. The van der Waals surface area contributed by atoms with Gasteiger partial charge in [0.05, 0.1) is 11.3 Å². The fourth-order valence-corrected chi connectivity index (χ4v) is 4.92. The summed E-state index contributed by atoms with van der Waals surface area (Å²) in [4.78, 5) is 3.85. The van der Waals surface area contributed by atoms with Gasteiger partial charge >= 0.3 is 0 Å². The van der Waals surface area contributed by atoms with Crippen molar-refractivity contribution in [2.75, 3.05) is 30.3 Å². The second-order valence-electron chi connectivity index (χ2n) is 5.55. The minimum atomic E-state index is 0. The highest BCUT2D eigenvalue weighted by Gasteiger charge is 2.42. The number of fused-ring (bicyclic) bond motifs is 3. The summed E-state index contributed by atoms with van der Waals surface area (Å²) in [6, 6.07) is 7.26. The topological polar surface area (TPSA) is 39.1 Å². The van der Waals surface area contributed by atoms with Gasteiger partial charge in [0.25, 0.3) is 0 Å². The lowest BCUT2D eigenvalue weighted by molar-refractivity contribution is 0.403. The van der Waals surface area contributed by atoms with Crippen LogP contribution in [0.2, 0.25) is 0 Å². The molecule has 114 valence electrons. The Bertz CT molecular complexity index is 573. The average Bonchev–Trinajstić information content (AvgIpc) is 2.62. The summed E-state index contributed by atoms with van der Waals surface area (Å²) in [6.45, 7) is 3.37. The summed E-state index contributed by atoms with van der Waals surface area (Å²) in [7, 11) is 0. The summed E-state index contributed by atoms with van der Waals surface area (Å²) in [5, 5.41) is 12.9. The Labute approximate surface area is 142 Å². The molecule has 1 aromatic rings. The first-order valence-electron chi connectivity index (χ1n) is 7.07. The van der Waals surface area contributed by atoms with E-state index in [1.165, 1.54) is 29.0 Å². The van der Waals surface area contributed by atoms with Gasteiger partial charge in [-0.25, -0.2) is 0 Å². The molecule has 3 nitrogen and oxygen atoms in total. The molecule has 1 fully saturated rings. The molecule has 21 heavy (non-hydrogen) atoms. The first kappa shape index (κ1) is 16.8. The van der Waals surface area contributed by atoms with Gasteiger partial charge in [-0.15, -0.1) is 36.6 Å². The van der Waals surface area contributed by atoms with Gasteiger partial charge in [-0.05, 0) is 36.8 Å². The van der Waals surface area contributed by atoms with Crippen molar-refractivity contribution in [1.29, 1.82) is 5.26 Å². The van der Waals surface area contributed by atoms with Crippen LogP contribution in [-0.2, 0) is 0 Å². The molecule has 0 bridgehead atoms. The normalized spacial score (nSPS) is 25.6. The molecule has 0 aliphatic carbocycles. The molecule has 1 saturated heterocycles. The molecular formula is C15H19Cl2N3S. The van der Waals surface area contributed by atoms with Crippen LogP contribution in [0.25, 0.3) is 0 Å². The number of nitrogens with one attached hydrogen (secondary N) is 1. The van der Waals surface area contributed by atoms with Crippen molar-refractivity contribution in [3.8, 4) is 6.07 Å². The second-order valence-corrected chi connectivity index (χ2v) is 6.66. The average molecular weight is 344 g/mol. The quantitative estimate of drug-likeness (QED) is 0.785. The lowest BCUT2D eigenvalue weighted by atomic mass is 9.90. The molecule has 1 N–H and O–H groups in total. The standard InChI is InChI=1S/C15H17N3S.2ClH/c16-8-10-2-3-11-12-9-17-5-4-13(12)18-6-1-7-19-15(10)14(11)18;;/h2-3,12-13,17H,1,4-7,9H2;2*1H/t12-,13-;;/m0../s1. The number of hydrogen-bond donors (Lipinski definition) is 1. The van der Waals surface area contributed by atoms with Crippen LogP contribution >= 0.6 is 36.6 Å². The number of piperidine rings is 1. The van der Waals surface area contributed by atoms with Gasteiger partial charge in [-0.1, -0.05) is 6.07 Å². The number of rotatable bonds is 0. The summed E-state index contributed by atoms with van der Waals surface area (Å²) in [6.07, 6.45) is 2.45. The van der Waals surface area contributed by atoms with E-state index < -0.39 is 0 Å². The van der Waals surface area contributed by atoms with Crippen LogP contribution in [0.3, 0.4) is 0 Å².